The maximum absolute atomic E-state index is 11.4. The van der Waals surface area contributed by atoms with Crippen LogP contribution in [-0.4, -0.2) is 37.7 Å². The lowest BCUT2D eigenvalue weighted by Gasteiger charge is -2.23. The summed E-state index contributed by atoms with van der Waals surface area (Å²) in [5, 5.41) is 5.92. The van der Waals surface area contributed by atoms with E-state index in [0.29, 0.717) is 13.2 Å². The van der Waals surface area contributed by atoms with Gasteiger partial charge in [0.15, 0.2) is 0 Å². The van der Waals surface area contributed by atoms with Gasteiger partial charge in [0.1, 0.15) is 6.04 Å². The van der Waals surface area contributed by atoms with Gasteiger partial charge >= 0.3 is 0 Å². The van der Waals surface area contributed by atoms with Gasteiger partial charge < -0.3 is 15.4 Å². The maximum Gasteiger partial charge on any atom is 0.239 e. The normalized spacial score (nSPS) is 24.1. The highest BCUT2D eigenvalue weighted by Crippen LogP contribution is 1.93. The van der Waals surface area contributed by atoms with E-state index in [0.717, 1.165) is 6.54 Å². The van der Waals surface area contributed by atoms with Crippen LogP contribution in [0.5, 0.6) is 0 Å². The summed E-state index contributed by atoms with van der Waals surface area (Å²) in [7, 11) is 0. The van der Waals surface area contributed by atoms with Gasteiger partial charge in [0, 0.05) is 12.6 Å². The summed E-state index contributed by atoms with van der Waals surface area (Å²) in [4.78, 5) is 11.4. The average Bonchev–Trinajstić information content (AvgIpc) is 2.05. The van der Waals surface area contributed by atoms with Gasteiger partial charge in [0.25, 0.3) is 0 Å². The Balaban J connectivity index is 2.30. The second kappa shape index (κ2) is 4.42. The number of rotatable bonds is 2. The molecule has 1 saturated heterocycles. The molecule has 4 nitrogen and oxygen atoms in total. The summed E-state index contributed by atoms with van der Waals surface area (Å²) in [6.45, 7) is 5.84. The van der Waals surface area contributed by atoms with Crippen molar-refractivity contribution in [1.82, 2.24) is 10.6 Å². The van der Waals surface area contributed by atoms with Gasteiger partial charge in [0.2, 0.25) is 5.91 Å². The van der Waals surface area contributed by atoms with Gasteiger partial charge in [0.05, 0.1) is 13.2 Å². The van der Waals surface area contributed by atoms with Crippen LogP contribution >= 0.6 is 0 Å². The number of ether oxygens (including phenoxy) is 1. The summed E-state index contributed by atoms with van der Waals surface area (Å²) in [5.41, 5.74) is 0. The van der Waals surface area contributed by atoms with Crippen LogP contribution in [-0.2, 0) is 9.53 Å². The lowest BCUT2D eigenvalue weighted by atomic mass is 10.2. The molecule has 1 atom stereocenters. The lowest BCUT2D eigenvalue weighted by Crippen LogP contribution is -2.52. The fourth-order valence-corrected chi connectivity index (χ4v) is 1.12. The Morgan fingerprint density at radius 3 is 2.92 bits per heavy atom. The molecule has 0 spiro atoms. The maximum atomic E-state index is 11.4. The molecule has 4 heteroatoms. The average molecular weight is 172 g/mol. The number of nitrogens with one attached hydrogen (secondary N) is 2. The first kappa shape index (κ1) is 9.48. The number of carbonyl (C=O) groups is 1. The van der Waals surface area contributed by atoms with E-state index in [1.54, 1.807) is 0 Å². The molecule has 2 N–H and O–H groups in total. The van der Waals surface area contributed by atoms with Crippen LogP contribution in [0.2, 0.25) is 0 Å². The summed E-state index contributed by atoms with van der Waals surface area (Å²) < 4.78 is 5.16. The second-order valence-electron chi connectivity index (χ2n) is 3.24. The standard InChI is InChI=1S/C8H16N2O2/c1-6(2)10-8(11)7-5-12-4-3-9-7/h6-7,9H,3-5H2,1-2H3,(H,10,11). The zero-order valence-corrected chi connectivity index (χ0v) is 7.59. The zero-order valence-electron chi connectivity index (χ0n) is 7.59. The Morgan fingerprint density at radius 2 is 2.42 bits per heavy atom. The van der Waals surface area contributed by atoms with Gasteiger partial charge in [-0.15, -0.1) is 0 Å². The van der Waals surface area contributed by atoms with Crippen molar-refractivity contribution >= 4 is 5.91 Å². The molecule has 1 fully saturated rings. The Bertz CT molecular complexity index is 153. The van der Waals surface area contributed by atoms with Gasteiger partial charge in [-0.3, -0.25) is 4.79 Å². The molecule has 0 bridgehead atoms. The van der Waals surface area contributed by atoms with E-state index in [4.69, 9.17) is 4.74 Å². The molecule has 1 heterocycles. The molecular formula is C8H16N2O2. The molecule has 0 aromatic carbocycles. The van der Waals surface area contributed by atoms with Gasteiger partial charge in [-0.25, -0.2) is 0 Å². The summed E-state index contributed by atoms with van der Waals surface area (Å²) in [6, 6.07) is 0.0300. The number of amides is 1. The Hall–Kier alpha value is -0.610. The fraction of sp³-hybridized carbons (Fsp3) is 0.875. The molecule has 1 aliphatic rings. The quantitative estimate of drug-likeness (QED) is 0.590. The first-order valence-electron chi connectivity index (χ1n) is 4.31. The highest BCUT2D eigenvalue weighted by atomic mass is 16.5. The molecule has 0 aromatic heterocycles. The predicted molar refractivity (Wildman–Crippen MR) is 45.9 cm³/mol. The van der Waals surface area contributed by atoms with Crippen molar-refractivity contribution in [3.8, 4) is 0 Å². The van der Waals surface area contributed by atoms with Gasteiger partial charge in [-0.2, -0.15) is 0 Å². The minimum atomic E-state index is -0.166. The Kier molecular flexibility index (Phi) is 3.49. The van der Waals surface area contributed by atoms with E-state index in [2.05, 4.69) is 10.6 Å². The predicted octanol–water partition coefficient (Wildman–Crippen LogP) is -0.501. The molecule has 0 radical (unpaired) electrons. The van der Waals surface area contributed by atoms with E-state index in [9.17, 15) is 4.79 Å². The van der Waals surface area contributed by atoms with Crippen molar-refractivity contribution < 1.29 is 9.53 Å². The van der Waals surface area contributed by atoms with Crippen molar-refractivity contribution in [3.05, 3.63) is 0 Å². The third-order valence-corrected chi connectivity index (χ3v) is 1.67. The van der Waals surface area contributed by atoms with Crippen molar-refractivity contribution in [1.29, 1.82) is 0 Å². The monoisotopic (exact) mass is 172 g/mol. The van der Waals surface area contributed by atoms with Crippen LogP contribution in [0.15, 0.2) is 0 Å². The van der Waals surface area contributed by atoms with Crippen LogP contribution in [0.3, 0.4) is 0 Å². The molecule has 1 amide bonds. The molecule has 1 unspecified atom stereocenters. The summed E-state index contributed by atoms with van der Waals surface area (Å²) in [5.74, 6) is 0.0321. The van der Waals surface area contributed by atoms with E-state index in [1.807, 2.05) is 13.8 Å². The fourth-order valence-electron chi connectivity index (χ4n) is 1.12. The number of hydrogen-bond acceptors (Lipinski definition) is 3. The van der Waals surface area contributed by atoms with Crippen molar-refractivity contribution in [2.75, 3.05) is 19.8 Å². The highest BCUT2D eigenvalue weighted by Gasteiger charge is 2.20. The van der Waals surface area contributed by atoms with Crippen molar-refractivity contribution in [2.45, 2.75) is 25.9 Å². The highest BCUT2D eigenvalue weighted by molar-refractivity contribution is 5.82. The van der Waals surface area contributed by atoms with E-state index >= 15 is 0 Å². The largest absolute Gasteiger partial charge is 0.378 e. The van der Waals surface area contributed by atoms with Crippen molar-refractivity contribution in [2.24, 2.45) is 0 Å². The molecular weight excluding hydrogens is 156 g/mol. The van der Waals surface area contributed by atoms with Crippen LogP contribution in [0.4, 0.5) is 0 Å². The molecule has 1 rings (SSSR count). The molecule has 12 heavy (non-hydrogen) atoms. The van der Waals surface area contributed by atoms with Crippen LogP contribution in [0, 0.1) is 0 Å². The van der Waals surface area contributed by atoms with E-state index in [1.165, 1.54) is 0 Å². The molecule has 0 aliphatic carbocycles. The summed E-state index contributed by atoms with van der Waals surface area (Å²) >= 11 is 0. The molecule has 1 aliphatic heterocycles. The summed E-state index contributed by atoms with van der Waals surface area (Å²) in [6.07, 6.45) is 0. The Morgan fingerprint density at radius 1 is 1.67 bits per heavy atom. The number of hydrogen-bond donors (Lipinski definition) is 2. The zero-order chi connectivity index (χ0) is 8.97. The SMILES string of the molecule is CC(C)NC(=O)C1COCCN1. The topological polar surface area (TPSA) is 50.4 Å². The van der Waals surface area contributed by atoms with Crippen LogP contribution in [0.1, 0.15) is 13.8 Å². The third kappa shape index (κ3) is 2.79. The Labute approximate surface area is 72.7 Å². The van der Waals surface area contributed by atoms with Crippen LogP contribution in [0.25, 0.3) is 0 Å². The minimum absolute atomic E-state index is 0.0321. The van der Waals surface area contributed by atoms with E-state index in [-0.39, 0.29) is 18.0 Å². The number of morpholine rings is 1. The first-order chi connectivity index (χ1) is 5.70. The van der Waals surface area contributed by atoms with Crippen LogP contribution < -0.4 is 10.6 Å². The molecule has 0 saturated carbocycles. The lowest BCUT2D eigenvalue weighted by molar-refractivity contribution is -0.126. The minimum Gasteiger partial charge on any atom is -0.378 e. The van der Waals surface area contributed by atoms with E-state index < -0.39 is 0 Å². The van der Waals surface area contributed by atoms with Gasteiger partial charge in [-0.05, 0) is 13.8 Å². The third-order valence-electron chi connectivity index (χ3n) is 1.67. The molecule has 0 aromatic rings. The number of carbonyl (C=O) groups excluding carboxylic acids is 1. The second-order valence-corrected chi connectivity index (χ2v) is 3.24. The smallest absolute Gasteiger partial charge is 0.239 e. The van der Waals surface area contributed by atoms with Crippen molar-refractivity contribution in [3.63, 3.8) is 0 Å². The first-order valence-corrected chi connectivity index (χ1v) is 4.31. The molecule has 70 valence electrons. The van der Waals surface area contributed by atoms with Gasteiger partial charge in [-0.1, -0.05) is 0 Å².